The molecule has 0 aliphatic heterocycles. The Morgan fingerprint density at radius 1 is 1.18 bits per heavy atom. The number of hydrogen-bond donors (Lipinski definition) is 1. The highest BCUT2D eigenvalue weighted by Crippen LogP contribution is 2.18. The summed E-state index contributed by atoms with van der Waals surface area (Å²) in [5.74, 6) is 0.565. The number of benzene rings is 1. The highest BCUT2D eigenvalue weighted by molar-refractivity contribution is 5.46. The summed E-state index contributed by atoms with van der Waals surface area (Å²) in [6.45, 7) is 7.24. The molecule has 1 aromatic rings. The molecule has 0 aliphatic rings. The molecular formula is C14H23NO2. The maximum atomic E-state index is 5.39. The lowest BCUT2D eigenvalue weighted by Gasteiger charge is -2.10. The topological polar surface area (TPSA) is 30.5 Å². The Morgan fingerprint density at radius 2 is 2.00 bits per heavy atom. The first-order valence-electron chi connectivity index (χ1n) is 6.14. The lowest BCUT2D eigenvalue weighted by atomic mass is 10.0. The maximum Gasteiger partial charge on any atom is 0.0701 e. The van der Waals surface area contributed by atoms with E-state index in [1.165, 1.54) is 5.56 Å². The fourth-order valence-electron chi connectivity index (χ4n) is 1.52. The summed E-state index contributed by atoms with van der Waals surface area (Å²) < 4.78 is 10.3. The number of methoxy groups -OCH3 is 1. The Hall–Kier alpha value is -1.06. The molecule has 0 aromatic heterocycles. The van der Waals surface area contributed by atoms with Crippen LogP contribution in [0, 0.1) is 0 Å². The quantitative estimate of drug-likeness (QED) is 0.705. The van der Waals surface area contributed by atoms with Crippen molar-refractivity contribution in [2.24, 2.45) is 0 Å². The van der Waals surface area contributed by atoms with Gasteiger partial charge in [0.15, 0.2) is 0 Å². The van der Waals surface area contributed by atoms with Crippen molar-refractivity contribution in [2.45, 2.75) is 19.8 Å². The Balaban J connectivity index is 2.24. The van der Waals surface area contributed by atoms with Crippen LogP contribution >= 0.6 is 0 Å². The van der Waals surface area contributed by atoms with E-state index >= 15 is 0 Å². The SMILES string of the molecule is COCCOCCNc1cccc(C(C)C)c1. The van der Waals surface area contributed by atoms with Crippen molar-refractivity contribution in [3.8, 4) is 0 Å². The molecule has 17 heavy (non-hydrogen) atoms. The third-order valence-electron chi connectivity index (χ3n) is 2.56. The molecule has 0 spiro atoms. The number of nitrogens with one attached hydrogen (secondary N) is 1. The van der Waals surface area contributed by atoms with E-state index in [1.54, 1.807) is 7.11 Å². The van der Waals surface area contributed by atoms with Gasteiger partial charge in [-0.15, -0.1) is 0 Å². The largest absolute Gasteiger partial charge is 0.383 e. The van der Waals surface area contributed by atoms with Gasteiger partial charge in [0.1, 0.15) is 0 Å². The van der Waals surface area contributed by atoms with Gasteiger partial charge in [-0.25, -0.2) is 0 Å². The van der Waals surface area contributed by atoms with Gasteiger partial charge in [0.2, 0.25) is 0 Å². The molecule has 0 radical (unpaired) electrons. The van der Waals surface area contributed by atoms with Gasteiger partial charge in [0.05, 0.1) is 19.8 Å². The lowest BCUT2D eigenvalue weighted by Crippen LogP contribution is -2.12. The fourth-order valence-corrected chi connectivity index (χ4v) is 1.52. The van der Waals surface area contributed by atoms with Crippen LogP contribution in [0.5, 0.6) is 0 Å². The average molecular weight is 237 g/mol. The van der Waals surface area contributed by atoms with Crippen molar-refractivity contribution in [1.82, 2.24) is 0 Å². The molecule has 0 heterocycles. The summed E-state index contributed by atoms with van der Waals surface area (Å²) in [5.41, 5.74) is 2.52. The molecule has 3 heteroatoms. The molecule has 0 bridgehead atoms. The zero-order chi connectivity index (χ0) is 12.5. The van der Waals surface area contributed by atoms with Crippen molar-refractivity contribution in [3.63, 3.8) is 0 Å². The summed E-state index contributed by atoms with van der Waals surface area (Å²) in [7, 11) is 1.68. The summed E-state index contributed by atoms with van der Waals surface area (Å²) in [4.78, 5) is 0. The normalized spacial score (nSPS) is 10.8. The van der Waals surface area contributed by atoms with Crippen molar-refractivity contribution in [1.29, 1.82) is 0 Å². The minimum atomic E-state index is 0.565. The smallest absolute Gasteiger partial charge is 0.0701 e. The molecule has 0 saturated carbocycles. The monoisotopic (exact) mass is 237 g/mol. The van der Waals surface area contributed by atoms with Gasteiger partial charge in [-0.3, -0.25) is 0 Å². The fraction of sp³-hybridized carbons (Fsp3) is 0.571. The molecule has 1 aromatic carbocycles. The summed E-state index contributed by atoms with van der Waals surface area (Å²) in [5, 5.41) is 3.35. The second-order valence-electron chi connectivity index (χ2n) is 4.31. The van der Waals surface area contributed by atoms with Crippen molar-refractivity contribution >= 4 is 5.69 Å². The molecule has 0 saturated heterocycles. The molecule has 1 rings (SSSR count). The Kier molecular flexibility index (Phi) is 6.67. The van der Waals surface area contributed by atoms with Crippen molar-refractivity contribution in [3.05, 3.63) is 29.8 Å². The maximum absolute atomic E-state index is 5.39. The molecule has 96 valence electrons. The number of hydrogen-bond acceptors (Lipinski definition) is 3. The molecular weight excluding hydrogens is 214 g/mol. The lowest BCUT2D eigenvalue weighted by molar-refractivity contribution is 0.0759. The molecule has 1 N–H and O–H groups in total. The third kappa shape index (κ3) is 5.71. The van der Waals surface area contributed by atoms with E-state index in [4.69, 9.17) is 9.47 Å². The van der Waals surface area contributed by atoms with E-state index in [1.807, 2.05) is 0 Å². The van der Waals surface area contributed by atoms with Gasteiger partial charge in [-0.1, -0.05) is 26.0 Å². The van der Waals surface area contributed by atoms with E-state index in [0.29, 0.717) is 25.7 Å². The highest BCUT2D eigenvalue weighted by Gasteiger charge is 1.99. The first-order valence-corrected chi connectivity index (χ1v) is 6.14. The molecule has 3 nitrogen and oxygen atoms in total. The highest BCUT2D eigenvalue weighted by atomic mass is 16.5. The first kappa shape index (κ1) is 14.0. The van der Waals surface area contributed by atoms with E-state index in [9.17, 15) is 0 Å². The number of ether oxygens (including phenoxy) is 2. The van der Waals surface area contributed by atoms with Crippen LogP contribution in [-0.2, 0) is 9.47 Å². The first-order chi connectivity index (χ1) is 8.24. The van der Waals surface area contributed by atoms with E-state index in [-0.39, 0.29) is 0 Å². The zero-order valence-corrected chi connectivity index (χ0v) is 11.0. The van der Waals surface area contributed by atoms with Crippen LogP contribution in [0.3, 0.4) is 0 Å². The van der Waals surface area contributed by atoms with Crippen molar-refractivity contribution < 1.29 is 9.47 Å². The number of anilines is 1. The second kappa shape index (κ2) is 8.09. The predicted molar refractivity (Wildman–Crippen MR) is 71.7 cm³/mol. The molecule has 0 fully saturated rings. The summed E-state index contributed by atoms with van der Waals surface area (Å²) in [6.07, 6.45) is 0. The van der Waals surface area contributed by atoms with Crippen LogP contribution in [-0.4, -0.2) is 33.5 Å². The van der Waals surface area contributed by atoms with Crippen LogP contribution in [0.25, 0.3) is 0 Å². The summed E-state index contributed by atoms with van der Waals surface area (Å²) >= 11 is 0. The third-order valence-corrected chi connectivity index (χ3v) is 2.56. The second-order valence-corrected chi connectivity index (χ2v) is 4.31. The van der Waals surface area contributed by atoms with E-state index in [0.717, 1.165) is 12.2 Å². The zero-order valence-electron chi connectivity index (χ0n) is 11.0. The van der Waals surface area contributed by atoms with Gasteiger partial charge < -0.3 is 14.8 Å². The molecule has 0 unspecified atom stereocenters. The van der Waals surface area contributed by atoms with Crippen LogP contribution < -0.4 is 5.32 Å². The average Bonchev–Trinajstić information content (AvgIpc) is 2.34. The minimum Gasteiger partial charge on any atom is -0.383 e. The van der Waals surface area contributed by atoms with Crippen LogP contribution in [0.15, 0.2) is 24.3 Å². The van der Waals surface area contributed by atoms with E-state index < -0.39 is 0 Å². The Morgan fingerprint density at radius 3 is 2.71 bits per heavy atom. The van der Waals surface area contributed by atoms with Gasteiger partial charge >= 0.3 is 0 Å². The standard InChI is InChI=1S/C14H23NO2/c1-12(2)13-5-4-6-14(11-13)15-7-8-17-10-9-16-3/h4-6,11-12,15H,7-10H2,1-3H3. The minimum absolute atomic E-state index is 0.565. The van der Waals surface area contributed by atoms with Crippen LogP contribution in [0.2, 0.25) is 0 Å². The van der Waals surface area contributed by atoms with Gasteiger partial charge in [-0.05, 0) is 23.6 Å². The number of rotatable bonds is 8. The summed E-state index contributed by atoms with van der Waals surface area (Å²) in [6, 6.07) is 8.52. The molecule has 0 amide bonds. The van der Waals surface area contributed by atoms with Crippen LogP contribution in [0.4, 0.5) is 5.69 Å². The Bertz CT molecular complexity index is 313. The molecule has 0 atom stereocenters. The van der Waals surface area contributed by atoms with Gasteiger partial charge in [0.25, 0.3) is 0 Å². The van der Waals surface area contributed by atoms with Crippen molar-refractivity contribution in [2.75, 3.05) is 38.8 Å². The molecule has 0 aliphatic carbocycles. The van der Waals surface area contributed by atoms with E-state index in [2.05, 4.69) is 43.4 Å². The predicted octanol–water partition coefficient (Wildman–Crippen LogP) is 2.88. The van der Waals surface area contributed by atoms with Crippen LogP contribution in [0.1, 0.15) is 25.3 Å². The Labute approximate surface area is 104 Å². The van der Waals surface area contributed by atoms with Gasteiger partial charge in [0, 0.05) is 19.3 Å². The van der Waals surface area contributed by atoms with Gasteiger partial charge in [-0.2, -0.15) is 0 Å².